The number of hydrogen-bond donors (Lipinski definition) is 2. The van der Waals surface area contributed by atoms with Crippen molar-refractivity contribution in [3.05, 3.63) is 29.6 Å². The second-order valence-corrected chi connectivity index (χ2v) is 4.25. The lowest BCUT2D eigenvalue weighted by atomic mass is 10.2. The van der Waals surface area contributed by atoms with Crippen molar-refractivity contribution in [2.75, 3.05) is 5.32 Å². The van der Waals surface area contributed by atoms with Crippen LogP contribution in [0.15, 0.2) is 18.2 Å². The summed E-state index contributed by atoms with van der Waals surface area (Å²) in [5.74, 6) is -0.315. The van der Waals surface area contributed by atoms with Crippen LogP contribution in [0.25, 0.3) is 0 Å². The molecule has 0 unspecified atom stereocenters. The summed E-state index contributed by atoms with van der Waals surface area (Å²) in [5.41, 5.74) is 1.03. The minimum Gasteiger partial charge on any atom is -0.335 e. The largest absolute Gasteiger partial charge is 0.335 e. The second kappa shape index (κ2) is 6.23. The number of anilines is 1. The van der Waals surface area contributed by atoms with Crippen molar-refractivity contribution in [2.24, 2.45) is 0 Å². The van der Waals surface area contributed by atoms with Crippen LogP contribution >= 0.6 is 0 Å². The van der Waals surface area contributed by atoms with Crippen molar-refractivity contribution in [3.63, 3.8) is 0 Å². The maximum Gasteiger partial charge on any atom is 0.319 e. The molecule has 0 fully saturated rings. The van der Waals surface area contributed by atoms with E-state index in [1.807, 2.05) is 6.92 Å². The molecule has 2 amide bonds. The molecule has 2 N–H and O–H groups in total. The van der Waals surface area contributed by atoms with E-state index in [1.165, 1.54) is 6.07 Å². The van der Waals surface area contributed by atoms with Crippen molar-refractivity contribution in [1.82, 2.24) is 5.32 Å². The Bertz CT molecular complexity index is 393. The molecule has 0 heterocycles. The number of rotatable bonds is 4. The van der Waals surface area contributed by atoms with Gasteiger partial charge in [-0.05, 0) is 38.0 Å². The van der Waals surface area contributed by atoms with Crippen molar-refractivity contribution in [2.45, 2.75) is 39.7 Å². The van der Waals surface area contributed by atoms with E-state index in [9.17, 15) is 9.18 Å². The van der Waals surface area contributed by atoms with Crippen molar-refractivity contribution >= 4 is 11.7 Å². The lowest BCUT2D eigenvalue weighted by molar-refractivity contribution is 0.248. The molecule has 3 nitrogen and oxygen atoms in total. The van der Waals surface area contributed by atoms with Crippen molar-refractivity contribution < 1.29 is 9.18 Å². The third-order valence-corrected chi connectivity index (χ3v) is 2.53. The number of benzene rings is 1. The highest BCUT2D eigenvalue weighted by Gasteiger charge is 2.07. The van der Waals surface area contributed by atoms with Gasteiger partial charge in [0.25, 0.3) is 0 Å². The minimum atomic E-state index is -0.315. The number of amides is 2. The summed E-state index contributed by atoms with van der Waals surface area (Å²) in [5, 5.41) is 5.40. The smallest absolute Gasteiger partial charge is 0.319 e. The van der Waals surface area contributed by atoms with E-state index in [0.29, 0.717) is 11.3 Å². The Balaban J connectivity index is 2.53. The normalized spacial score (nSPS) is 12.0. The lowest BCUT2D eigenvalue weighted by Crippen LogP contribution is -2.35. The van der Waals surface area contributed by atoms with E-state index in [0.717, 1.165) is 12.8 Å². The van der Waals surface area contributed by atoms with Gasteiger partial charge in [0, 0.05) is 11.7 Å². The van der Waals surface area contributed by atoms with Gasteiger partial charge in [-0.15, -0.1) is 0 Å². The number of aryl methyl sites for hydroxylation is 1. The first-order valence-corrected chi connectivity index (χ1v) is 5.86. The van der Waals surface area contributed by atoms with Gasteiger partial charge in [0.15, 0.2) is 0 Å². The van der Waals surface area contributed by atoms with E-state index < -0.39 is 0 Å². The van der Waals surface area contributed by atoms with Gasteiger partial charge in [-0.3, -0.25) is 0 Å². The Morgan fingerprint density at radius 2 is 2.18 bits per heavy atom. The maximum absolute atomic E-state index is 13.2. The summed E-state index contributed by atoms with van der Waals surface area (Å²) in [4.78, 5) is 11.5. The molecule has 0 aromatic heterocycles. The Hall–Kier alpha value is -1.58. The van der Waals surface area contributed by atoms with Crippen LogP contribution in [0.1, 0.15) is 32.3 Å². The summed E-state index contributed by atoms with van der Waals surface area (Å²) < 4.78 is 13.2. The second-order valence-electron chi connectivity index (χ2n) is 4.25. The molecule has 0 radical (unpaired) electrons. The Morgan fingerprint density at radius 3 is 2.76 bits per heavy atom. The molecule has 1 aromatic carbocycles. The van der Waals surface area contributed by atoms with Gasteiger partial charge in [-0.2, -0.15) is 0 Å². The molecular formula is C13H19FN2O. The van der Waals surface area contributed by atoms with Crippen LogP contribution in [0.3, 0.4) is 0 Å². The van der Waals surface area contributed by atoms with Crippen molar-refractivity contribution in [3.8, 4) is 0 Å². The van der Waals surface area contributed by atoms with Gasteiger partial charge in [-0.1, -0.05) is 19.4 Å². The van der Waals surface area contributed by atoms with Gasteiger partial charge in [0.1, 0.15) is 5.82 Å². The first-order chi connectivity index (χ1) is 8.02. The molecule has 1 aromatic rings. The van der Waals surface area contributed by atoms with Gasteiger partial charge in [0.2, 0.25) is 0 Å². The van der Waals surface area contributed by atoms with Crippen LogP contribution in [-0.4, -0.2) is 12.1 Å². The maximum atomic E-state index is 13.2. The Kier molecular flexibility index (Phi) is 4.94. The average molecular weight is 238 g/mol. The zero-order valence-corrected chi connectivity index (χ0v) is 10.5. The number of urea groups is 1. The minimum absolute atomic E-state index is 0.121. The van der Waals surface area contributed by atoms with Crippen LogP contribution in [0.2, 0.25) is 0 Å². The van der Waals surface area contributed by atoms with E-state index >= 15 is 0 Å². The van der Waals surface area contributed by atoms with Crippen LogP contribution in [0.4, 0.5) is 14.9 Å². The third-order valence-electron chi connectivity index (χ3n) is 2.53. The van der Waals surface area contributed by atoms with Crippen LogP contribution < -0.4 is 10.6 Å². The highest BCUT2D eigenvalue weighted by Crippen LogP contribution is 2.13. The molecular weight excluding hydrogens is 219 g/mol. The molecule has 0 bridgehead atoms. The molecule has 94 valence electrons. The molecule has 0 aliphatic heterocycles. The molecule has 0 saturated heterocycles. The van der Waals surface area contributed by atoms with Crippen LogP contribution in [-0.2, 0) is 0 Å². The third kappa shape index (κ3) is 4.43. The number of nitrogens with one attached hydrogen (secondary N) is 2. The van der Waals surface area contributed by atoms with Crippen molar-refractivity contribution in [1.29, 1.82) is 0 Å². The standard InChI is InChI=1S/C13H19FN2O/c1-4-5-10(3)15-13(17)16-11-7-6-9(2)12(14)8-11/h6-8,10H,4-5H2,1-3H3,(H2,15,16,17)/t10-/m0/s1. The zero-order chi connectivity index (χ0) is 12.8. The quantitative estimate of drug-likeness (QED) is 0.828. The summed E-state index contributed by atoms with van der Waals surface area (Å²) >= 11 is 0. The van der Waals surface area contributed by atoms with E-state index in [2.05, 4.69) is 17.6 Å². The molecule has 1 atom stereocenters. The number of carbonyl (C=O) groups excluding carboxylic acids is 1. The first-order valence-electron chi connectivity index (χ1n) is 5.86. The molecule has 1 rings (SSSR count). The lowest BCUT2D eigenvalue weighted by Gasteiger charge is -2.13. The monoisotopic (exact) mass is 238 g/mol. The van der Waals surface area contributed by atoms with E-state index in [1.54, 1.807) is 19.1 Å². The predicted octanol–water partition coefficient (Wildman–Crippen LogP) is 3.44. The predicted molar refractivity (Wildman–Crippen MR) is 67.7 cm³/mol. The highest BCUT2D eigenvalue weighted by atomic mass is 19.1. The summed E-state index contributed by atoms with van der Waals surface area (Å²) in [7, 11) is 0. The summed E-state index contributed by atoms with van der Waals surface area (Å²) in [6.45, 7) is 5.69. The Labute approximate surface area is 101 Å². The fourth-order valence-corrected chi connectivity index (χ4v) is 1.57. The fourth-order valence-electron chi connectivity index (χ4n) is 1.57. The van der Waals surface area contributed by atoms with Crippen LogP contribution in [0.5, 0.6) is 0 Å². The molecule has 0 saturated carbocycles. The fraction of sp³-hybridized carbons (Fsp3) is 0.462. The number of carbonyl (C=O) groups is 1. The average Bonchev–Trinajstić information content (AvgIpc) is 2.23. The number of halogens is 1. The molecule has 0 aliphatic rings. The number of hydrogen-bond acceptors (Lipinski definition) is 1. The highest BCUT2D eigenvalue weighted by molar-refractivity contribution is 5.89. The topological polar surface area (TPSA) is 41.1 Å². The van der Waals surface area contributed by atoms with Gasteiger partial charge >= 0.3 is 6.03 Å². The van der Waals surface area contributed by atoms with Gasteiger partial charge in [0.05, 0.1) is 0 Å². The molecule has 0 aliphatic carbocycles. The summed E-state index contributed by atoms with van der Waals surface area (Å²) in [6, 6.07) is 4.46. The van der Waals surface area contributed by atoms with E-state index in [4.69, 9.17) is 0 Å². The van der Waals surface area contributed by atoms with E-state index in [-0.39, 0.29) is 17.9 Å². The van der Waals surface area contributed by atoms with Gasteiger partial charge < -0.3 is 10.6 Å². The SMILES string of the molecule is CCC[C@H](C)NC(=O)Nc1ccc(C)c(F)c1. The molecule has 17 heavy (non-hydrogen) atoms. The molecule has 4 heteroatoms. The van der Waals surface area contributed by atoms with Gasteiger partial charge in [-0.25, -0.2) is 9.18 Å². The van der Waals surface area contributed by atoms with Crippen LogP contribution in [0, 0.1) is 12.7 Å². The summed E-state index contributed by atoms with van der Waals surface area (Å²) in [6.07, 6.45) is 1.94. The Morgan fingerprint density at radius 1 is 1.47 bits per heavy atom. The zero-order valence-electron chi connectivity index (χ0n) is 10.5. The molecule has 0 spiro atoms. The first kappa shape index (κ1) is 13.5.